The normalized spacial score (nSPS) is 21.0. The monoisotopic (exact) mass is 395 g/mol. The molecule has 28 heavy (non-hydrogen) atoms. The van der Waals surface area contributed by atoms with Crippen LogP contribution in [0.25, 0.3) is 10.8 Å². The zero-order valence-electron chi connectivity index (χ0n) is 15.4. The number of carboxylic acids is 1. The molecule has 1 amide bonds. The van der Waals surface area contributed by atoms with Crippen LogP contribution in [0.3, 0.4) is 0 Å². The predicted octanol–water partition coefficient (Wildman–Crippen LogP) is 3.67. The van der Waals surface area contributed by atoms with Gasteiger partial charge in [0.05, 0.1) is 24.9 Å². The fourth-order valence-electron chi connectivity index (χ4n) is 3.62. The molecule has 2 aromatic carbocycles. The summed E-state index contributed by atoms with van der Waals surface area (Å²) in [6, 6.07) is 10.8. The Hall–Kier alpha value is -2.77. The SMILES string of the molecule is COc1ccc2cc([C@H](C)C(=O)N3C[C@@H](C(F)(F)F)[C@H](C(=O)O)C3)ccc2c1. The predicted molar refractivity (Wildman–Crippen MR) is 96.2 cm³/mol. The number of halogens is 3. The summed E-state index contributed by atoms with van der Waals surface area (Å²) >= 11 is 0. The van der Waals surface area contributed by atoms with Gasteiger partial charge in [0.2, 0.25) is 5.91 Å². The van der Waals surface area contributed by atoms with Crippen LogP contribution < -0.4 is 4.74 Å². The number of methoxy groups -OCH3 is 1. The summed E-state index contributed by atoms with van der Waals surface area (Å²) in [5.41, 5.74) is 0.657. The molecule has 0 saturated carbocycles. The van der Waals surface area contributed by atoms with E-state index < -0.39 is 48.9 Å². The zero-order chi connectivity index (χ0) is 20.6. The second kappa shape index (κ2) is 7.33. The van der Waals surface area contributed by atoms with Gasteiger partial charge < -0.3 is 14.7 Å². The number of carboxylic acid groups (broad SMARTS) is 1. The van der Waals surface area contributed by atoms with Crippen molar-refractivity contribution < 1.29 is 32.6 Å². The Kier molecular flexibility index (Phi) is 5.23. The van der Waals surface area contributed by atoms with Crippen LogP contribution in [0.5, 0.6) is 5.75 Å². The summed E-state index contributed by atoms with van der Waals surface area (Å²) in [4.78, 5) is 25.0. The number of carbonyl (C=O) groups excluding carboxylic acids is 1. The lowest BCUT2D eigenvalue weighted by Crippen LogP contribution is -2.34. The third kappa shape index (κ3) is 3.76. The lowest BCUT2D eigenvalue weighted by molar-refractivity contribution is -0.188. The number of benzene rings is 2. The smallest absolute Gasteiger partial charge is 0.394 e. The molecule has 0 aliphatic carbocycles. The Morgan fingerprint density at radius 2 is 1.79 bits per heavy atom. The van der Waals surface area contributed by atoms with Crippen LogP contribution in [0.15, 0.2) is 36.4 Å². The molecule has 1 aliphatic rings. The molecule has 1 saturated heterocycles. The van der Waals surface area contributed by atoms with Crippen molar-refractivity contribution in [1.29, 1.82) is 0 Å². The van der Waals surface area contributed by atoms with Gasteiger partial charge >= 0.3 is 12.1 Å². The topological polar surface area (TPSA) is 66.8 Å². The summed E-state index contributed by atoms with van der Waals surface area (Å²) in [6.07, 6.45) is -4.66. The van der Waals surface area contributed by atoms with Crippen LogP contribution in [-0.2, 0) is 9.59 Å². The lowest BCUT2D eigenvalue weighted by Gasteiger charge is -2.22. The Morgan fingerprint density at radius 3 is 2.36 bits per heavy atom. The highest BCUT2D eigenvalue weighted by Crippen LogP contribution is 2.39. The molecule has 0 bridgehead atoms. The number of alkyl halides is 3. The first-order chi connectivity index (χ1) is 13.1. The van der Waals surface area contributed by atoms with Crippen molar-refractivity contribution in [3.63, 3.8) is 0 Å². The third-order valence-corrected chi connectivity index (χ3v) is 5.31. The Balaban J connectivity index is 1.82. The van der Waals surface area contributed by atoms with Gasteiger partial charge in [-0.2, -0.15) is 13.2 Å². The van der Waals surface area contributed by atoms with Crippen LogP contribution in [0.4, 0.5) is 13.2 Å². The first kappa shape index (κ1) is 20.0. The van der Waals surface area contributed by atoms with Crippen molar-refractivity contribution in [2.45, 2.75) is 19.0 Å². The highest BCUT2D eigenvalue weighted by Gasteiger charge is 2.53. The molecule has 150 valence electrons. The maximum Gasteiger partial charge on any atom is 0.394 e. The second-order valence-corrected chi connectivity index (χ2v) is 7.03. The van der Waals surface area contributed by atoms with E-state index in [2.05, 4.69) is 0 Å². The Labute approximate surface area is 159 Å². The van der Waals surface area contributed by atoms with Gasteiger partial charge in [-0.05, 0) is 35.4 Å². The van der Waals surface area contributed by atoms with Crippen LogP contribution >= 0.6 is 0 Å². The van der Waals surface area contributed by atoms with E-state index in [1.807, 2.05) is 24.3 Å². The minimum Gasteiger partial charge on any atom is -0.497 e. The number of aliphatic carboxylic acids is 1. The summed E-state index contributed by atoms with van der Waals surface area (Å²) in [5, 5.41) is 10.9. The Morgan fingerprint density at radius 1 is 1.14 bits per heavy atom. The van der Waals surface area contributed by atoms with Gasteiger partial charge in [-0.15, -0.1) is 0 Å². The van der Waals surface area contributed by atoms with E-state index >= 15 is 0 Å². The number of ether oxygens (including phenoxy) is 1. The number of carbonyl (C=O) groups is 2. The zero-order valence-corrected chi connectivity index (χ0v) is 15.4. The molecule has 0 radical (unpaired) electrons. The van der Waals surface area contributed by atoms with Crippen LogP contribution in [0.2, 0.25) is 0 Å². The molecule has 0 aromatic heterocycles. The largest absolute Gasteiger partial charge is 0.497 e. The van der Waals surface area contributed by atoms with Gasteiger partial charge in [-0.3, -0.25) is 9.59 Å². The van der Waals surface area contributed by atoms with Gasteiger partial charge in [0.25, 0.3) is 0 Å². The fraction of sp³-hybridized carbons (Fsp3) is 0.400. The van der Waals surface area contributed by atoms with Gasteiger partial charge in [0.1, 0.15) is 5.75 Å². The summed E-state index contributed by atoms with van der Waals surface area (Å²) in [6.45, 7) is 0.547. The molecule has 3 atom stereocenters. The van der Waals surface area contributed by atoms with Gasteiger partial charge in [0.15, 0.2) is 0 Å². The lowest BCUT2D eigenvalue weighted by atomic mass is 9.96. The van der Waals surface area contributed by atoms with Gasteiger partial charge in [-0.1, -0.05) is 24.3 Å². The molecular formula is C20H20F3NO4. The highest BCUT2D eigenvalue weighted by molar-refractivity contribution is 5.89. The number of amides is 1. The quantitative estimate of drug-likeness (QED) is 0.858. The van der Waals surface area contributed by atoms with Crippen LogP contribution in [0, 0.1) is 11.8 Å². The van der Waals surface area contributed by atoms with Crippen LogP contribution in [0.1, 0.15) is 18.4 Å². The van der Waals surface area contributed by atoms with Crippen LogP contribution in [-0.4, -0.2) is 48.3 Å². The summed E-state index contributed by atoms with van der Waals surface area (Å²) in [5.74, 6) is -5.73. The van der Waals surface area contributed by atoms with E-state index in [1.165, 1.54) is 0 Å². The number of nitrogens with zero attached hydrogens (tertiary/aromatic N) is 1. The second-order valence-electron chi connectivity index (χ2n) is 7.03. The first-order valence-electron chi connectivity index (χ1n) is 8.78. The average molecular weight is 395 g/mol. The number of likely N-dealkylation sites (tertiary alicyclic amines) is 1. The molecule has 1 aliphatic heterocycles. The van der Waals surface area contributed by atoms with Gasteiger partial charge in [-0.25, -0.2) is 0 Å². The standard InChI is InChI=1S/C20H20F3NO4/c1-11(12-3-4-14-8-15(28-2)6-5-13(14)7-12)18(25)24-9-16(19(26)27)17(10-24)20(21,22)23/h3-8,11,16-17H,9-10H2,1-2H3,(H,26,27)/t11-,16+,17+/m0/s1. The molecule has 5 nitrogen and oxygen atoms in total. The van der Waals surface area contributed by atoms with Crippen molar-refractivity contribution in [3.05, 3.63) is 42.0 Å². The fourth-order valence-corrected chi connectivity index (χ4v) is 3.62. The molecule has 0 spiro atoms. The number of rotatable bonds is 4. The number of hydrogen-bond donors (Lipinski definition) is 1. The molecular weight excluding hydrogens is 375 g/mol. The maximum atomic E-state index is 13.2. The van der Waals surface area contributed by atoms with E-state index in [9.17, 15) is 22.8 Å². The molecule has 1 fully saturated rings. The minimum atomic E-state index is -4.66. The van der Waals surface area contributed by atoms with E-state index in [1.54, 1.807) is 26.2 Å². The summed E-state index contributed by atoms with van der Waals surface area (Å²) in [7, 11) is 1.56. The van der Waals surface area contributed by atoms with E-state index in [-0.39, 0.29) is 0 Å². The number of hydrogen-bond acceptors (Lipinski definition) is 3. The van der Waals surface area contributed by atoms with Crippen molar-refractivity contribution in [1.82, 2.24) is 4.90 Å². The molecule has 8 heteroatoms. The van der Waals surface area contributed by atoms with E-state index in [0.29, 0.717) is 11.3 Å². The van der Waals surface area contributed by atoms with Crippen molar-refractivity contribution in [3.8, 4) is 5.75 Å². The molecule has 2 aromatic rings. The third-order valence-electron chi connectivity index (χ3n) is 5.31. The van der Waals surface area contributed by atoms with Crippen molar-refractivity contribution >= 4 is 22.6 Å². The minimum absolute atomic E-state index is 0.437. The van der Waals surface area contributed by atoms with E-state index in [4.69, 9.17) is 9.84 Å². The number of fused-ring (bicyclic) bond motifs is 1. The molecule has 3 rings (SSSR count). The van der Waals surface area contributed by atoms with Gasteiger partial charge in [0, 0.05) is 13.1 Å². The average Bonchev–Trinajstić information content (AvgIpc) is 3.12. The van der Waals surface area contributed by atoms with Crippen molar-refractivity contribution in [2.24, 2.45) is 11.8 Å². The van der Waals surface area contributed by atoms with Crippen molar-refractivity contribution in [2.75, 3.05) is 20.2 Å². The molecule has 1 heterocycles. The highest BCUT2D eigenvalue weighted by atomic mass is 19.4. The van der Waals surface area contributed by atoms with E-state index in [0.717, 1.165) is 15.7 Å². The Bertz CT molecular complexity index is 912. The summed E-state index contributed by atoms with van der Waals surface area (Å²) < 4.78 is 44.6. The molecule has 1 N–H and O–H groups in total. The molecule has 0 unspecified atom stereocenters. The first-order valence-corrected chi connectivity index (χ1v) is 8.78. The maximum absolute atomic E-state index is 13.2.